The first kappa shape index (κ1) is 22.4. The van der Waals surface area contributed by atoms with E-state index in [4.69, 9.17) is 20.8 Å². The molecule has 2 aromatic carbocycles. The van der Waals surface area contributed by atoms with Crippen LogP contribution in [0.4, 0.5) is 0 Å². The van der Waals surface area contributed by atoms with Crippen LogP contribution >= 0.6 is 11.6 Å². The topological polar surface area (TPSA) is 109 Å². The van der Waals surface area contributed by atoms with Gasteiger partial charge < -0.3 is 24.4 Å². The van der Waals surface area contributed by atoms with Crippen LogP contribution in [0.5, 0.6) is 5.75 Å². The van der Waals surface area contributed by atoms with Crippen molar-refractivity contribution >= 4 is 34.4 Å². The number of carbonyl (C=O) groups is 2. The lowest BCUT2D eigenvalue weighted by Crippen LogP contribution is -2.50. The molecule has 0 unspecified atom stereocenters. The summed E-state index contributed by atoms with van der Waals surface area (Å²) in [4.78, 5) is 35.4. The lowest BCUT2D eigenvalue weighted by Gasteiger charge is -2.20. The number of carboxylic acids is 1. The molecule has 1 amide bonds. The van der Waals surface area contributed by atoms with E-state index in [2.05, 4.69) is 5.32 Å². The van der Waals surface area contributed by atoms with Gasteiger partial charge >= 0.3 is 5.63 Å². The second kappa shape index (κ2) is 10.1. The second-order valence-corrected chi connectivity index (χ2v) is 7.49. The van der Waals surface area contributed by atoms with Crippen LogP contribution in [0.2, 0.25) is 5.02 Å². The van der Waals surface area contributed by atoms with E-state index in [0.29, 0.717) is 21.9 Å². The van der Waals surface area contributed by atoms with E-state index in [1.165, 1.54) is 12.1 Å². The number of aliphatic carboxylic acids is 1. The Morgan fingerprint density at radius 2 is 1.90 bits per heavy atom. The van der Waals surface area contributed by atoms with Crippen molar-refractivity contribution in [1.29, 1.82) is 0 Å². The standard InChI is InChI=1S/C23H22ClNO6/c1-2-3-15-11-22(27)31-20-12-17(8-9-18(15)20)30-13-21(26)25-19(23(28)29)10-14-4-6-16(24)7-5-14/h4-9,11-12,19H,2-3,10,13H2,1H3,(H,25,26)(H,28,29)/p-1/t19-/m0/s1. The zero-order valence-corrected chi connectivity index (χ0v) is 17.6. The van der Waals surface area contributed by atoms with Crippen molar-refractivity contribution in [3.8, 4) is 5.75 Å². The molecule has 3 rings (SSSR count). The number of nitrogens with one attached hydrogen (secondary N) is 1. The van der Waals surface area contributed by atoms with Crippen molar-refractivity contribution in [2.24, 2.45) is 0 Å². The average molecular weight is 443 g/mol. The van der Waals surface area contributed by atoms with Gasteiger partial charge in [0.1, 0.15) is 11.3 Å². The molecular weight excluding hydrogens is 422 g/mol. The molecule has 1 atom stereocenters. The van der Waals surface area contributed by atoms with Gasteiger partial charge in [-0.25, -0.2) is 4.79 Å². The van der Waals surface area contributed by atoms with Crippen LogP contribution in [0.3, 0.4) is 0 Å². The molecule has 1 aromatic heterocycles. The third-order valence-electron chi connectivity index (χ3n) is 4.66. The maximum Gasteiger partial charge on any atom is 0.336 e. The Labute approximate surface area is 183 Å². The fraction of sp³-hybridized carbons (Fsp3) is 0.261. The zero-order valence-electron chi connectivity index (χ0n) is 16.9. The van der Waals surface area contributed by atoms with Crippen LogP contribution < -0.4 is 20.8 Å². The van der Waals surface area contributed by atoms with Crippen LogP contribution in [0.15, 0.2) is 57.7 Å². The molecule has 162 valence electrons. The minimum absolute atomic E-state index is 0.0482. The molecule has 0 fully saturated rings. The van der Waals surface area contributed by atoms with Crippen molar-refractivity contribution in [2.75, 3.05) is 6.61 Å². The summed E-state index contributed by atoms with van der Waals surface area (Å²) < 4.78 is 10.7. The van der Waals surface area contributed by atoms with Gasteiger partial charge in [-0.15, -0.1) is 0 Å². The number of hydrogen-bond acceptors (Lipinski definition) is 6. The molecule has 8 heteroatoms. The molecule has 0 aliphatic rings. The first-order valence-corrected chi connectivity index (χ1v) is 10.2. The van der Waals surface area contributed by atoms with E-state index in [-0.39, 0.29) is 6.42 Å². The molecule has 0 bridgehead atoms. The average Bonchev–Trinajstić information content (AvgIpc) is 2.73. The first-order valence-electron chi connectivity index (χ1n) is 9.80. The highest BCUT2D eigenvalue weighted by atomic mass is 35.5. The zero-order chi connectivity index (χ0) is 22.4. The lowest BCUT2D eigenvalue weighted by atomic mass is 10.1. The number of rotatable bonds is 9. The summed E-state index contributed by atoms with van der Waals surface area (Å²) in [5.74, 6) is -1.70. The van der Waals surface area contributed by atoms with Crippen LogP contribution in [-0.2, 0) is 22.4 Å². The van der Waals surface area contributed by atoms with Gasteiger partial charge in [0.05, 0.1) is 12.0 Å². The van der Waals surface area contributed by atoms with E-state index >= 15 is 0 Å². The minimum Gasteiger partial charge on any atom is -0.548 e. The molecule has 1 heterocycles. The number of hydrogen-bond donors (Lipinski definition) is 1. The maximum atomic E-state index is 12.2. The Balaban J connectivity index is 1.64. The summed E-state index contributed by atoms with van der Waals surface area (Å²) >= 11 is 5.82. The van der Waals surface area contributed by atoms with Crippen LogP contribution in [-0.4, -0.2) is 24.5 Å². The molecule has 0 aliphatic carbocycles. The summed E-state index contributed by atoms with van der Waals surface area (Å²) in [6.45, 7) is 1.61. The van der Waals surface area contributed by atoms with Gasteiger partial charge in [-0.1, -0.05) is 37.1 Å². The maximum absolute atomic E-state index is 12.2. The number of fused-ring (bicyclic) bond motifs is 1. The summed E-state index contributed by atoms with van der Waals surface area (Å²) in [7, 11) is 0. The summed E-state index contributed by atoms with van der Waals surface area (Å²) in [6, 6.07) is 11.8. The van der Waals surface area contributed by atoms with Crippen LogP contribution in [0, 0.1) is 0 Å². The van der Waals surface area contributed by atoms with Crippen LogP contribution in [0.25, 0.3) is 11.0 Å². The highest BCUT2D eigenvalue weighted by molar-refractivity contribution is 6.30. The van der Waals surface area contributed by atoms with Gasteiger partial charge in [-0.2, -0.15) is 0 Å². The van der Waals surface area contributed by atoms with Gasteiger partial charge in [-0.05, 0) is 48.2 Å². The lowest BCUT2D eigenvalue weighted by molar-refractivity contribution is -0.308. The number of aryl methyl sites for hydroxylation is 1. The number of amides is 1. The Morgan fingerprint density at radius 3 is 2.58 bits per heavy atom. The summed E-state index contributed by atoms with van der Waals surface area (Å²) in [5, 5.41) is 15.1. The van der Waals surface area contributed by atoms with Crippen molar-refractivity contribution in [2.45, 2.75) is 32.2 Å². The van der Waals surface area contributed by atoms with Gasteiger partial charge in [0.2, 0.25) is 0 Å². The second-order valence-electron chi connectivity index (χ2n) is 7.06. The predicted molar refractivity (Wildman–Crippen MR) is 114 cm³/mol. The largest absolute Gasteiger partial charge is 0.548 e. The summed E-state index contributed by atoms with van der Waals surface area (Å²) in [6.07, 6.45) is 1.67. The molecule has 31 heavy (non-hydrogen) atoms. The van der Waals surface area contributed by atoms with E-state index in [1.54, 1.807) is 36.4 Å². The van der Waals surface area contributed by atoms with Gasteiger partial charge in [0.25, 0.3) is 5.91 Å². The fourth-order valence-electron chi connectivity index (χ4n) is 3.21. The van der Waals surface area contributed by atoms with E-state index in [9.17, 15) is 19.5 Å². The summed E-state index contributed by atoms with van der Waals surface area (Å²) in [5.41, 5.74) is 1.48. The number of ether oxygens (including phenoxy) is 1. The molecular formula is C23H21ClNO6-. The quantitative estimate of drug-likeness (QED) is 0.509. The molecule has 7 nitrogen and oxygen atoms in total. The Hall–Kier alpha value is -3.32. The normalized spacial score (nSPS) is 11.8. The number of benzene rings is 2. The molecule has 0 aliphatic heterocycles. The Kier molecular flexibility index (Phi) is 7.31. The molecule has 0 radical (unpaired) electrons. The van der Waals surface area contributed by atoms with Crippen molar-refractivity contribution in [3.05, 3.63) is 75.1 Å². The molecule has 1 N–H and O–H groups in total. The van der Waals surface area contributed by atoms with Gasteiger partial charge in [0, 0.05) is 22.5 Å². The number of carboxylic acid groups (broad SMARTS) is 1. The smallest absolute Gasteiger partial charge is 0.336 e. The molecule has 0 saturated heterocycles. The Morgan fingerprint density at radius 1 is 1.16 bits per heavy atom. The minimum atomic E-state index is -1.40. The van der Waals surface area contributed by atoms with Crippen molar-refractivity contribution in [1.82, 2.24) is 5.32 Å². The van der Waals surface area contributed by atoms with Crippen molar-refractivity contribution < 1.29 is 23.8 Å². The van der Waals surface area contributed by atoms with E-state index in [0.717, 1.165) is 23.8 Å². The monoisotopic (exact) mass is 442 g/mol. The highest BCUT2D eigenvalue weighted by Crippen LogP contribution is 2.23. The third-order valence-corrected chi connectivity index (χ3v) is 4.92. The first-order chi connectivity index (χ1) is 14.9. The van der Waals surface area contributed by atoms with Crippen molar-refractivity contribution in [3.63, 3.8) is 0 Å². The molecule has 0 spiro atoms. The van der Waals surface area contributed by atoms with Gasteiger partial charge in [-0.3, -0.25) is 4.79 Å². The predicted octanol–water partition coefficient (Wildman–Crippen LogP) is 2.26. The fourth-order valence-corrected chi connectivity index (χ4v) is 3.34. The van der Waals surface area contributed by atoms with E-state index in [1.807, 2.05) is 6.92 Å². The number of halogens is 1. The number of carbonyl (C=O) groups excluding carboxylic acids is 2. The SMILES string of the molecule is CCCc1cc(=O)oc2cc(OCC(=O)N[C@@H](Cc3ccc(Cl)cc3)C(=O)[O-])ccc12. The van der Waals surface area contributed by atoms with E-state index < -0.39 is 30.2 Å². The van der Waals surface area contributed by atoms with Crippen LogP contribution in [0.1, 0.15) is 24.5 Å². The molecule has 3 aromatic rings. The highest BCUT2D eigenvalue weighted by Gasteiger charge is 2.15. The Bertz CT molecular complexity index is 1140. The third kappa shape index (κ3) is 6.08. The molecule has 0 saturated carbocycles. The van der Waals surface area contributed by atoms with Gasteiger partial charge in [0.15, 0.2) is 6.61 Å².